The Balaban J connectivity index is 2.81. The van der Waals surface area contributed by atoms with E-state index in [0.717, 1.165) is 0 Å². The molecule has 0 bridgehead atoms. The topological polar surface area (TPSA) is 78.0 Å². The van der Waals surface area contributed by atoms with Gasteiger partial charge in [-0.15, -0.1) is 0 Å². The van der Waals surface area contributed by atoms with Crippen molar-refractivity contribution in [3.05, 3.63) is 34.6 Å². The molecule has 2 rings (SSSR count). The summed E-state index contributed by atoms with van der Waals surface area (Å²) >= 11 is 0. The van der Waals surface area contributed by atoms with Crippen molar-refractivity contribution in [2.75, 3.05) is 5.48 Å². The number of aromatic nitrogens is 2. The van der Waals surface area contributed by atoms with E-state index in [1.165, 1.54) is 0 Å². The molecule has 5 heteroatoms. The number of nitrogens with one attached hydrogen (secondary N) is 2. The molecule has 1 aromatic heterocycles. The Bertz CT molecular complexity index is 492. The zero-order valence-corrected chi connectivity index (χ0v) is 6.61. The standard InChI is InChI=1S/C8H7N3O2/c12-8-7(11-13)9-5-3-1-2-4-6(5)10-8/h1-4,13H,(H,9,11)(H,10,12). The van der Waals surface area contributed by atoms with Crippen LogP contribution in [0.2, 0.25) is 0 Å². The summed E-state index contributed by atoms with van der Waals surface area (Å²) in [5, 5.41) is 8.55. The molecule has 5 nitrogen and oxygen atoms in total. The molecular formula is C8H7N3O2. The Hall–Kier alpha value is -1.88. The molecule has 66 valence electrons. The highest BCUT2D eigenvalue weighted by Gasteiger charge is 2.01. The lowest BCUT2D eigenvalue weighted by Crippen LogP contribution is -2.13. The summed E-state index contributed by atoms with van der Waals surface area (Å²) in [7, 11) is 0. The van der Waals surface area contributed by atoms with Crippen LogP contribution in [0.5, 0.6) is 0 Å². The lowest BCUT2D eigenvalue weighted by molar-refractivity contribution is 0.385. The molecule has 0 spiro atoms. The highest BCUT2D eigenvalue weighted by atomic mass is 16.5. The van der Waals surface area contributed by atoms with Crippen molar-refractivity contribution in [3.63, 3.8) is 0 Å². The van der Waals surface area contributed by atoms with Gasteiger partial charge in [0, 0.05) is 0 Å². The van der Waals surface area contributed by atoms with Gasteiger partial charge in [0.05, 0.1) is 11.0 Å². The van der Waals surface area contributed by atoms with Crippen molar-refractivity contribution in [2.45, 2.75) is 0 Å². The fourth-order valence-corrected chi connectivity index (χ4v) is 1.11. The maximum absolute atomic E-state index is 11.1. The molecule has 1 aromatic carbocycles. The van der Waals surface area contributed by atoms with Gasteiger partial charge in [-0.25, -0.2) is 10.5 Å². The third-order valence-electron chi connectivity index (χ3n) is 1.71. The summed E-state index contributed by atoms with van der Waals surface area (Å²) in [5.41, 5.74) is 2.56. The largest absolute Gasteiger partial charge is 0.317 e. The van der Waals surface area contributed by atoms with E-state index < -0.39 is 5.56 Å². The molecule has 0 aliphatic rings. The monoisotopic (exact) mass is 177 g/mol. The van der Waals surface area contributed by atoms with Crippen LogP contribution in [0.1, 0.15) is 0 Å². The number of hydrogen-bond acceptors (Lipinski definition) is 4. The highest BCUT2D eigenvalue weighted by Crippen LogP contribution is 2.06. The van der Waals surface area contributed by atoms with E-state index in [1.807, 2.05) is 0 Å². The Morgan fingerprint density at radius 2 is 2.15 bits per heavy atom. The van der Waals surface area contributed by atoms with Crippen molar-refractivity contribution in [1.29, 1.82) is 0 Å². The Kier molecular flexibility index (Phi) is 1.71. The highest BCUT2D eigenvalue weighted by molar-refractivity contribution is 5.74. The quantitative estimate of drug-likeness (QED) is 0.561. The predicted octanol–water partition coefficient (Wildman–Crippen LogP) is 0.724. The van der Waals surface area contributed by atoms with Crippen LogP contribution in [0.4, 0.5) is 5.82 Å². The van der Waals surface area contributed by atoms with Crippen molar-refractivity contribution in [1.82, 2.24) is 9.97 Å². The average molecular weight is 177 g/mol. The zero-order chi connectivity index (χ0) is 9.26. The van der Waals surface area contributed by atoms with E-state index in [9.17, 15) is 4.79 Å². The lowest BCUT2D eigenvalue weighted by Gasteiger charge is -1.99. The number of para-hydroxylation sites is 2. The molecule has 0 atom stereocenters. The van der Waals surface area contributed by atoms with Gasteiger partial charge in [-0.3, -0.25) is 10.0 Å². The van der Waals surface area contributed by atoms with Gasteiger partial charge in [-0.05, 0) is 12.1 Å². The van der Waals surface area contributed by atoms with Crippen LogP contribution in [0.15, 0.2) is 29.1 Å². The van der Waals surface area contributed by atoms with Crippen LogP contribution >= 0.6 is 0 Å². The number of aromatic amines is 1. The summed E-state index contributed by atoms with van der Waals surface area (Å²) in [6.07, 6.45) is 0. The van der Waals surface area contributed by atoms with Gasteiger partial charge >= 0.3 is 0 Å². The fraction of sp³-hybridized carbons (Fsp3) is 0. The average Bonchev–Trinajstić information content (AvgIpc) is 2.17. The lowest BCUT2D eigenvalue weighted by atomic mass is 10.3. The van der Waals surface area contributed by atoms with E-state index in [2.05, 4.69) is 9.97 Å². The van der Waals surface area contributed by atoms with Gasteiger partial charge in [-0.2, -0.15) is 0 Å². The minimum atomic E-state index is -0.443. The number of nitrogens with zero attached hydrogens (tertiary/aromatic N) is 1. The second kappa shape index (κ2) is 2.87. The second-order valence-electron chi connectivity index (χ2n) is 2.54. The predicted molar refractivity (Wildman–Crippen MR) is 47.8 cm³/mol. The number of benzene rings is 1. The molecule has 0 radical (unpaired) electrons. The van der Waals surface area contributed by atoms with E-state index in [1.54, 1.807) is 29.7 Å². The number of hydrogen-bond donors (Lipinski definition) is 3. The third-order valence-corrected chi connectivity index (χ3v) is 1.71. The molecule has 0 fully saturated rings. The molecule has 0 saturated heterocycles. The van der Waals surface area contributed by atoms with Crippen molar-refractivity contribution >= 4 is 16.9 Å². The maximum atomic E-state index is 11.1. The molecule has 2 aromatic rings. The maximum Gasteiger partial charge on any atom is 0.293 e. The van der Waals surface area contributed by atoms with E-state index in [0.29, 0.717) is 11.0 Å². The van der Waals surface area contributed by atoms with Gasteiger partial charge < -0.3 is 4.98 Å². The van der Waals surface area contributed by atoms with Crippen LogP contribution in [-0.2, 0) is 0 Å². The van der Waals surface area contributed by atoms with Crippen molar-refractivity contribution < 1.29 is 5.21 Å². The van der Waals surface area contributed by atoms with Crippen LogP contribution in [0, 0.1) is 0 Å². The van der Waals surface area contributed by atoms with Crippen LogP contribution < -0.4 is 11.0 Å². The second-order valence-corrected chi connectivity index (χ2v) is 2.54. The molecule has 3 N–H and O–H groups in total. The van der Waals surface area contributed by atoms with E-state index in [-0.39, 0.29) is 5.82 Å². The van der Waals surface area contributed by atoms with Crippen LogP contribution in [0.25, 0.3) is 11.0 Å². The molecular weight excluding hydrogens is 170 g/mol. The third kappa shape index (κ3) is 1.25. The summed E-state index contributed by atoms with van der Waals surface area (Å²) in [5.74, 6) is -0.0984. The Morgan fingerprint density at radius 1 is 1.38 bits per heavy atom. The first-order valence-corrected chi connectivity index (χ1v) is 3.70. The first kappa shape index (κ1) is 7.75. The zero-order valence-electron chi connectivity index (χ0n) is 6.61. The van der Waals surface area contributed by atoms with E-state index in [4.69, 9.17) is 5.21 Å². The number of H-pyrrole nitrogens is 1. The van der Waals surface area contributed by atoms with Gasteiger partial charge in [0.1, 0.15) is 0 Å². The molecule has 1 heterocycles. The van der Waals surface area contributed by atoms with Gasteiger partial charge in [-0.1, -0.05) is 12.1 Å². The summed E-state index contributed by atoms with van der Waals surface area (Å²) in [4.78, 5) is 17.6. The van der Waals surface area contributed by atoms with Gasteiger partial charge in [0.2, 0.25) is 5.82 Å². The van der Waals surface area contributed by atoms with Crippen molar-refractivity contribution in [3.8, 4) is 0 Å². The molecule has 0 unspecified atom stereocenters. The minimum Gasteiger partial charge on any atom is -0.317 e. The summed E-state index contributed by atoms with van der Waals surface area (Å²) in [6.45, 7) is 0. The summed E-state index contributed by atoms with van der Waals surface area (Å²) < 4.78 is 0. The number of rotatable bonds is 1. The number of fused-ring (bicyclic) bond motifs is 1. The summed E-state index contributed by atoms with van der Waals surface area (Å²) in [6, 6.07) is 7.08. The minimum absolute atomic E-state index is 0.0984. The Morgan fingerprint density at radius 3 is 2.92 bits per heavy atom. The molecule has 0 saturated carbocycles. The van der Waals surface area contributed by atoms with Crippen LogP contribution in [-0.4, -0.2) is 15.2 Å². The first-order valence-electron chi connectivity index (χ1n) is 3.70. The number of anilines is 1. The van der Waals surface area contributed by atoms with Crippen molar-refractivity contribution in [2.24, 2.45) is 0 Å². The molecule has 0 aliphatic carbocycles. The molecule has 0 amide bonds. The first-order chi connectivity index (χ1) is 6.31. The SMILES string of the molecule is O=c1[nH]c2ccccc2nc1NO. The van der Waals surface area contributed by atoms with E-state index >= 15 is 0 Å². The smallest absolute Gasteiger partial charge is 0.293 e. The Labute approximate surface area is 73.0 Å². The van der Waals surface area contributed by atoms with Gasteiger partial charge in [0.25, 0.3) is 5.56 Å². The molecule has 0 aliphatic heterocycles. The van der Waals surface area contributed by atoms with Crippen LogP contribution in [0.3, 0.4) is 0 Å². The normalized spacial score (nSPS) is 10.2. The fourth-order valence-electron chi connectivity index (χ4n) is 1.11. The molecule has 13 heavy (non-hydrogen) atoms. The van der Waals surface area contributed by atoms with Gasteiger partial charge in [0.15, 0.2) is 0 Å².